The number of anilines is 1. The molecule has 0 fully saturated rings. The van der Waals surface area contributed by atoms with Crippen LogP contribution in [0.3, 0.4) is 0 Å². The van der Waals surface area contributed by atoms with Gasteiger partial charge in [0, 0.05) is 46.8 Å². The number of amides is 3. The first-order valence-corrected chi connectivity index (χ1v) is 9.53. The lowest BCUT2D eigenvalue weighted by molar-refractivity contribution is 0.0951. The van der Waals surface area contributed by atoms with E-state index in [1.807, 2.05) is 12.1 Å². The van der Waals surface area contributed by atoms with Crippen molar-refractivity contribution in [2.45, 2.75) is 13.1 Å². The zero-order valence-corrected chi connectivity index (χ0v) is 16.8. The number of hydrogen-bond donors (Lipinski definition) is 3. The number of carbonyl (C=O) groups is 2. The van der Waals surface area contributed by atoms with Crippen LogP contribution in [0.1, 0.15) is 21.5 Å². The van der Waals surface area contributed by atoms with E-state index < -0.39 is 0 Å². The third-order valence-electron chi connectivity index (χ3n) is 4.05. The fraction of sp³-hybridized carbons (Fsp3) is 0.0952. The van der Waals surface area contributed by atoms with E-state index in [-0.39, 0.29) is 18.5 Å². The van der Waals surface area contributed by atoms with Crippen molar-refractivity contribution in [1.82, 2.24) is 15.6 Å². The maximum atomic E-state index is 12.3. The van der Waals surface area contributed by atoms with Crippen molar-refractivity contribution in [2.24, 2.45) is 0 Å². The second-order valence-electron chi connectivity index (χ2n) is 6.16. The van der Waals surface area contributed by atoms with Crippen molar-refractivity contribution in [3.63, 3.8) is 0 Å². The van der Waals surface area contributed by atoms with E-state index in [1.165, 1.54) is 0 Å². The third kappa shape index (κ3) is 6.20. The number of rotatable bonds is 6. The standard InChI is InChI=1S/C21H18Cl2N4O2/c22-17-3-6-19(23)16(11-17)13-25-20(28)15-1-4-18(5-2-15)27-21(29)26-12-14-7-9-24-10-8-14/h1-11H,12-13H2,(H,25,28)(H2,26,27,29). The quantitative estimate of drug-likeness (QED) is 0.534. The van der Waals surface area contributed by atoms with Gasteiger partial charge in [0.05, 0.1) is 0 Å². The Balaban J connectivity index is 1.50. The third-order valence-corrected chi connectivity index (χ3v) is 4.66. The fourth-order valence-corrected chi connectivity index (χ4v) is 2.90. The molecular formula is C21H18Cl2N4O2. The topological polar surface area (TPSA) is 83.1 Å². The number of benzene rings is 2. The summed E-state index contributed by atoms with van der Waals surface area (Å²) >= 11 is 12.1. The van der Waals surface area contributed by atoms with Gasteiger partial charge < -0.3 is 16.0 Å². The van der Waals surface area contributed by atoms with Gasteiger partial charge >= 0.3 is 6.03 Å². The molecular weight excluding hydrogens is 411 g/mol. The molecule has 3 aromatic rings. The highest BCUT2D eigenvalue weighted by Crippen LogP contribution is 2.20. The minimum absolute atomic E-state index is 0.255. The van der Waals surface area contributed by atoms with Crippen LogP contribution in [0.5, 0.6) is 0 Å². The Hall–Kier alpha value is -3.09. The van der Waals surface area contributed by atoms with Crippen molar-refractivity contribution in [1.29, 1.82) is 0 Å². The zero-order chi connectivity index (χ0) is 20.6. The molecule has 0 aliphatic heterocycles. The molecule has 2 aromatic carbocycles. The summed E-state index contributed by atoms with van der Waals surface area (Å²) in [6.45, 7) is 0.649. The predicted molar refractivity (Wildman–Crippen MR) is 114 cm³/mol. The van der Waals surface area contributed by atoms with Gasteiger partial charge in [0.2, 0.25) is 0 Å². The first-order chi connectivity index (χ1) is 14.0. The van der Waals surface area contributed by atoms with Crippen molar-refractivity contribution in [3.8, 4) is 0 Å². The summed E-state index contributed by atoms with van der Waals surface area (Å²) in [5.41, 5.74) is 2.72. The number of aromatic nitrogens is 1. The van der Waals surface area contributed by atoms with Crippen LogP contribution in [0.25, 0.3) is 0 Å². The van der Waals surface area contributed by atoms with E-state index in [0.717, 1.165) is 11.1 Å². The lowest BCUT2D eigenvalue weighted by atomic mass is 10.1. The van der Waals surface area contributed by atoms with Gasteiger partial charge in [-0.05, 0) is 65.7 Å². The molecule has 3 rings (SSSR count). The smallest absolute Gasteiger partial charge is 0.319 e. The van der Waals surface area contributed by atoms with Crippen molar-refractivity contribution in [3.05, 3.63) is 93.7 Å². The Bertz CT molecular complexity index is 995. The lowest BCUT2D eigenvalue weighted by Gasteiger charge is -2.10. The molecule has 0 aliphatic rings. The molecule has 0 aliphatic carbocycles. The summed E-state index contributed by atoms with van der Waals surface area (Å²) in [6.07, 6.45) is 3.33. The number of hydrogen-bond acceptors (Lipinski definition) is 3. The maximum absolute atomic E-state index is 12.3. The van der Waals surface area contributed by atoms with Gasteiger partial charge in [-0.3, -0.25) is 9.78 Å². The highest BCUT2D eigenvalue weighted by Gasteiger charge is 2.08. The Morgan fingerprint density at radius 2 is 1.59 bits per heavy atom. The average molecular weight is 429 g/mol. The molecule has 1 heterocycles. The Labute approximate surface area is 178 Å². The molecule has 0 saturated heterocycles. The van der Waals surface area contributed by atoms with E-state index in [4.69, 9.17) is 23.2 Å². The monoisotopic (exact) mass is 428 g/mol. The predicted octanol–water partition coefficient (Wildman–Crippen LogP) is 4.64. The van der Waals surface area contributed by atoms with Crippen LogP contribution in [0, 0.1) is 0 Å². The number of nitrogens with zero attached hydrogens (tertiary/aromatic N) is 1. The Morgan fingerprint density at radius 1 is 0.862 bits per heavy atom. The van der Waals surface area contributed by atoms with Gasteiger partial charge in [-0.15, -0.1) is 0 Å². The van der Waals surface area contributed by atoms with Gasteiger partial charge in [0.15, 0.2) is 0 Å². The van der Waals surface area contributed by atoms with Crippen molar-refractivity contribution in [2.75, 3.05) is 5.32 Å². The molecule has 3 N–H and O–H groups in total. The summed E-state index contributed by atoms with van der Waals surface area (Å²) in [7, 11) is 0. The molecule has 0 spiro atoms. The van der Waals surface area contributed by atoms with Crippen LogP contribution in [-0.4, -0.2) is 16.9 Å². The number of pyridine rings is 1. The van der Waals surface area contributed by atoms with Crippen LogP contribution in [0.2, 0.25) is 10.0 Å². The summed E-state index contributed by atoms with van der Waals surface area (Å²) in [5.74, 6) is -0.255. The van der Waals surface area contributed by atoms with Crippen LogP contribution >= 0.6 is 23.2 Å². The fourth-order valence-electron chi connectivity index (χ4n) is 2.52. The summed E-state index contributed by atoms with van der Waals surface area (Å²) in [6, 6.07) is 15.0. The lowest BCUT2D eigenvalue weighted by Crippen LogP contribution is -2.28. The second-order valence-corrected chi connectivity index (χ2v) is 7.00. The van der Waals surface area contributed by atoms with Crippen LogP contribution in [0.15, 0.2) is 67.0 Å². The molecule has 148 valence electrons. The normalized spacial score (nSPS) is 10.3. The SMILES string of the molecule is O=C(NCc1ccncc1)Nc1ccc(C(=O)NCc2cc(Cl)ccc2Cl)cc1. The van der Waals surface area contributed by atoms with E-state index in [0.29, 0.717) is 27.8 Å². The van der Waals surface area contributed by atoms with Crippen molar-refractivity contribution >= 4 is 40.8 Å². The molecule has 0 radical (unpaired) electrons. The number of halogens is 2. The minimum Gasteiger partial charge on any atom is -0.348 e. The highest BCUT2D eigenvalue weighted by atomic mass is 35.5. The molecule has 3 amide bonds. The Kier molecular flexibility index (Phi) is 7.05. The number of carbonyl (C=O) groups excluding carboxylic acids is 2. The average Bonchev–Trinajstić information content (AvgIpc) is 2.74. The summed E-state index contributed by atoms with van der Waals surface area (Å²) < 4.78 is 0. The van der Waals surface area contributed by atoms with E-state index in [9.17, 15) is 9.59 Å². The molecule has 6 nitrogen and oxygen atoms in total. The summed E-state index contributed by atoms with van der Waals surface area (Å²) in [4.78, 5) is 28.2. The second kappa shape index (κ2) is 9.91. The molecule has 0 saturated carbocycles. The van der Waals surface area contributed by atoms with Crippen LogP contribution < -0.4 is 16.0 Å². The summed E-state index contributed by atoms with van der Waals surface area (Å²) in [5, 5.41) is 9.35. The number of urea groups is 1. The van der Waals surface area contributed by atoms with Gasteiger partial charge in [0.25, 0.3) is 5.91 Å². The Morgan fingerprint density at radius 3 is 2.31 bits per heavy atom. The largest absolute Gasteiger partial charge is 0.348 e. The maximum Gasteiger partial charge on any atom is 0.319 e. The van der Waals surface area contributed by atoms with Gasteiger partial charge in [-0.2, -0.15) is 0 Å². The molecule has 0 unspecified atom stereocenters. The van der Waals surface area contributed by atoms with Crippen molar-refractivity contribution < 1.29 is 9.59 Å². The van der Waals surface area contributed by atoms with E-state index >= 15 is 0 Å². The van der Waals surface area contributed by atoms with Gasteiger partial charge in [0.1, 0.15) is 0 Å². The van der Waals surface area contributed by atoms with E-state index in [1.54, 1.807) is 54.9 Å². The first kappa shape index (κ1) is 20.6. The van der Waals surface area contributed by atoms with Gasteiger partial charge in [-0.25, -0.2) is 4.79 Å². The minimum atomic E-state index is -0.338. The molecule has 29 heavy (non-hydrogen) atoms. The number of nitrogens with one attached hydrogen (secondary N) is 3. The van der Waals surface area contributed by atoms with Crippen LogP contribution in [-0.2, 0) is 13.1 Å². The zero-order valence-electron chi connectivity index (χ0n) is 15.3. The molecule has 0 bridgehead atoms. The highest BCUT2D eigenvalue weighted by molar-refractivity contribution is 6.33. The van der Waals surface area contributed by atoms with E-state index in [2.05, 4.69) is 20.9 Å². The van der Waals surface area contributed by atoms with Crippen LogP contribution in [0.4, 0.5) is 10.5 Å². The molecule has 8 heteroatoms. The van der Waals surface area contributed by atoms with Gasteiger partial charge in [-0.1, -0.05) is 23.2 Å². The molecule has 1 aromatic heterocycles. The first-order valence-electron chi connectivity index (χ1n) is 8.77. The molecule has 0 atom stereocenters.